The van der Waals surface area contributed by atoms with Gasteiger partial charge in [-0.25, -0.2) is 4.79 Å². The van der Waals surface area contributed by atoms with Crippen molar-refractivity contribution >= 4 is 34.3 Å². The van der Waals surface area contributed by atoms with E-state index >= 15 is 0 Å². The van der Waals surface area contributed by atoms with E-state index in [0.29, 0.717) is 5.92 Å². The molecule has 1 saturated carbocycles. The topological polar surface area (TPSA) is 45.2 Å². The van der Waals surface area contributed by atoms with Crippen molar-refractivity contribution in [2.24, 2.45) is 5.92 Å². The van der Waals surface area contributed by atoms with Crippen LogP contribution in [0.4, 0.5) is 10.5 Å². The van der Waals surface area contributed by atoms with E-state index in [0.717, 1.165) is 29.8 Å². The Labute approximate surface area is 143 Å². The smallest absolute Gasteiger partial charge is 0.312 e. The molecule has 2 aromatic rings. The third kappa shape index (κ3) is 1.87. The SMILES string of the molecule is CN1C(=O)Nc2ccc(I)cc2C1(c1ccccn1)C1CC1. The number of nitrogens with one attached hydrogen (secondary N) is 1. The highest BCUT2D eigenvalue weighted by atomic mass is 127. The van der Waals surface area contributed by atoms with Gasteiger partial charge in [0.25, 0.3) is 0 Å². The minimum Gasteiger partial charge on any atom is -0.312 e. The number of pyridine rings is 1. The first kappa shape index (κ1) is 14.0. The molecule has 5 heteroatoms. The van der Waals surface area contributed by atoms with Gasteiger partial charge in [-0.05, 0) is 71.7 Å². The van der Waals surface area contributed by atoms with Crippen LogP contribution in [0, 0.1) is 9.49 Å². The molecule has 1 aromatic carbocycles. The van der Waals surface area contributed by atoms with Crippen molar-refractivity contribution in [2.75, 3.05) is 12.4 Å². The summed E-state index contributed by atoms with van der Waals surface area (Å²) < 4.78 is 1.17. The van der Waals surface area contributed by atoms with E-state index in [4.69, 9.17) is 0 Å². The fourth-order valence-corrected chi connectivity index (χ4v) is 4.07. The van der Waals surface area contributed by atoms with Crippen LogP contribution in [0.3, 0.4) is 0 Å². The fourth-order valence-electron chi connectivity index (χ4n) is 3.58. The number of benzene rings is 1. The molecule has 1 aromatic heterocycles. The average molecular weight is 405 g/mol. The molecule has 1 aliphatic heterocycles. The van der Waals surface area contributed by atoms with Crippen molar-refractivity contribution in [1.82, 2.24) is 9.88 Å². The van der Waals surface area contributed by atoms with Crippen LogP contribution in [-0.4, -0.2) is 23.0 Å². The molecular weight excluding hydrogens is 389 g/mol. The van der Waals surface area contributed by atoms with Gasteiger partial charge >= 0.3 is 6.03 Å². The van der Waals surface area contributed by atoms with E-state index in [9.17, 15) is 4.79 Å². The summed E-state index contributed by atoms with van der Waals surface area (Å²) >= 11 is 2.33. The molecule has 0 radical (unpaired) electrons. The lowest BCUT2D eigenvalue weighted by molar-refractivity contribution is 0.146. The number of halogens is 1. The number of aromatic nitrogens is 1. The van der Waals surface area contributed by atoms with Gasteiger partial charge in [0, 0.05) is 28.1 Å². The van der Waals surface area contributed by atoms with Gasteiger partial charge in [-0.3, -0.25) is 4.98 Å². The Morgan fingerprint density at radius 3 is 2.82 bits per heavy atom. The molecule has 112 valence electrons. The van der Waals surface area contributed by atoms with Crippen LogP contribution in [0.15, 0.2) is 42.6 Å². The van der Waals surface area contributed by atoms with Gasteiger partial charge in [-0.1, -0.05) is 6.07 Å². The molecule has 1 N–H and O–H groups in total. The zero-order valence-corrected chi connectivity index (χ0v) is 14.4. The summed E-state index contributed by atoms with van der Waals surface area (Å²) in [6, 6.07) is 12.1. The van der Waals surface area contributed by atoms with Crippen molar-refractivity contribution < 1.29 is 4.79 Å². The van der Waals surface area contributed by atoms with E-state index in [1.807, 2.05) is 48.5 Å². The average Bonchev–Trinajstić information content (AvgIpc) is 3.36. The highest BCUT2D eigenvalue weighted by molar-refractivity contribution is 14.1. The van der Waals surface area contributed by atoms with E-state index in [2.05, 4.69) is 39.0 Å². The minimum atomic E-state index is -0.458. The van der Waals surface area contributed by atoms with Crippen LogP contribution >= 0.6 is 22.6 Å². The Balaban J connectivity index is 2.04. The Morgan fingerprint density at radius 2 is 2.14 bits per heavy atom. The first-order chi connectivity index (χ1) is 10.6. The summed E-state index contributed by atoms with van der Waals surface area (Å²) in [6.07, 6.45) is 4.06. The third-order valence-electron chi connectivity index (χ3n) is 4.69. The number of hydrogen-bond donors (Lipinski definition) is 1. The normalized spacial score (nSPS) is 23.9. The van der Waals surface area contributed by atoms with Crippen molar-refractivity contribution in [1.29, 1.82) is 0 Å². The van der Waals surface area contributed by atoms with Crippen molar-refractivity contribution in [3.63, 3.8) is 0 Å². The van der Waals surface area contributed by atoms with Gasteiger partial charge in [0.1, 0.15) is 5.54 Å². The second-order valence-corrected chi connectivity index (χ2v) is 7.18. The molecule has 0 bridgehead atoms. The first-order valence-electron chi connectivity index (χ1n) is 7.40. The molecule has 4 rings (SSSR count). The Morgan fingerprint density at radius 1 is 1.32 bits per heavy atom. The van der Waals surface area contributed by atoms with Gasteiger partial charge < -0.3 is 10.2 Å². The van der Waals surface area contributed by atoms with Crippen LogP contribution in [0.5, 0.6) is 0 Å². The molecule has 0 saturated heterocycles. The zero-order chi connectivity index (χ0) is 15.3. The minimum absolute atomic E-state index is 0.0636. The van der Waals surface area contributed by atoms with Crippen molar-refractivity contribution in [3.05, 3.63) is 57.4 Å². The highest BCUT2D eigenvalue weighted by Gasteiger charge is 2.56. The molecule has 1 fully saturated rings. The standard InChI is InChI=1S/C17H16IN3O/c1-21-16(22)20-14-8-7-12(18)10-13(14)17(21,11-5-6-11)15-4-2-3-9-19-15/h2-4,7-11H,5-6H2,1H3,(H,20,22). The second kappa shape index (κ2) is 4.94. The number of carbonyl (C=O) groups is 1. The Kier molecular flexibility index (Phi) is 3.14. The highest BCUT2D eigenvalue weighted by Crippen LogP contribution is 2.55. The first-order valence-corrected chi connectivity index (χ1v) is 8.48. The van der Waals surface area contributed by atoms with Gasteiger partial charge in [0.15, 0.2) is 0 Å². The molecule has 2 heterocycles. The molecule has 4 nitrogen and oxygen atoms in total. The Bertz CT molecular complexity index is 745. The van der Waals surface area contributed by atoms with Crippen LogP contribution in [-0.2, 0) is 5.54 Å². The molecule has 1 atom stereocenters. The van der Waals surface area contributed by atoms with E-state index in [-0.39, 0.29) is 6.03 Å². The second-order valence-electron chi connectivity index (χ2n) is 5.93. The Hall–Kier alpha value is -1.63. The summed E-state index contributed by atoms with van der Waals surface area (Å²) in [5, 5.41) is 3.00. The maximum atomic E-state index is 12.5. The van der Waals surface area contributed by atoms with E-state index in [1.54, 1.807) is 0 Å². The maximum absolute atomic E-state index is 12.5. The van der Waals surface area contributed by atoms with Gasteiger partial charge in [-0.15, -0.1) is 0 Å². The van der Waals surface area contributed by atoms with Crippen LogP contribution < -0.4 is 5.32 Å². The van der Waals surface area contributed by atoms with Crippen LogP contribution in [0.1, 0.15) is 24.1 Å². The molecule has 2 aliphatic rings. The van der Waals surface area contributed by atoms with E-state index < -0.39 is 5.54 Å². The summed E-state index contributed by atoms with van der Waals surface area (Å²) in [4.78, 5) is 19.0. The van der Waals surface area contributed by atoms with Gasteiger partial charge in [0.2, 0.25) is 0 Å². The molecule has 22 heavy (non-hydrogen) atoms. The molecule has 1 aliphatic carbocycles. The number of urea groups is 1. The number of anilines is 1. The maximum Gasteiger partial charge on any atom is 0.322 e. The number of nitrogens with zero attached hydrogens (tertiary/aromatic N) is 2. The quantitative estimate of drug-likeness (QED) is 0.773. The summed E-state index contributed by atoms with van der Waals surface area (Å²) in [7, 11) is 1.88. The molecule has 0 spiro atoms. The fraction of sp³-hybridized carbons (Fsp3) is 0.294. The predicted molar refractivity (Wildman–Crippen MR) is 93.7 cm³/mol. The summed E-state index contributed by atoms with van der Waals surface area (Å²) in [6.45, 7) is 0. The number of fused-ring (bicyclic) bond motifs is 1. The number of amides is 2. The lowest BCUT2D eigenvalue weighted by atomic mass is 9.78. The van der Waals surface area contributed by atoms with Gasteiger partial charge in [-0.2, -0.15) is 0 Å². The largest absolute Gasteiger partial charge is 0.322 e. The predicted octanol–water partition coefficient (Wildman–Crippen LogP) is 3.82. The van der Waals surface area contributed by atoms with Crippen LogP contribution in [0.25, 0.3) is 0 Å². The van der Waals surface area contributed by atoms with Crippen molar-refractivity contribution in [3.8, 4) is 0 Å². The molecular formula is C17H16IN3O. The lowest BCUT2D eigenvalue weighted by Gasteiger charge is -2.46. The van der Waals surface area contributed by atoms with Crippen LogP contribution in [0.2, 0.25) is 0 Å². The van der Waals surface area contributed by atoms with Gasteiger partial charge in [0.05, 0.1) is 5.69 Å². The lowest BCUT2D eigenvalue weighted by Crippen LogP contribution is -2.55. The summed E-state index contributed by atoms with van der Waals surface area (Å²) in [5.74, 6) is 0.426. The monoisotopic (exact) mass is 405 g/mol. The third-order valence-corrected chi connectivity index (χ3v) is 5.36. The number of rotatable bonds is 2. The number of hydrogen-bond acceptors (Lipinski definition) is 2. The summed E-state index contributed by atoms with van der Waals surface area (Å²) in [5.41, 5.74) is 2.56. The van der Waals surface area contributed by atoms with Crippen molar-refractivity contribution in [2.45, 2.75) is 18.4 Å². The molecule has 2 amide bonds. The number of carbonyl (C=O) groups excluding carboxylic acids is 1. The zero-order valence-electron chi connectivity index (χ0n) is 12.2. The van der Waals surface area contributed by atoms with E-state index in [1.165, 1.54) is 3.57 Å². The molecule has 1 unspecified atom stereocenters.